The van der Waals surface area contributed by atoms with Gasteiger partial charge in [0, 0.05) is 11.0 Å². The molecule has 0 heterocycles. The maximum atomic E-state index is 5.15. The Morgan fingerprint density at radius 3 is 2.70 bits per heavy atom. The van der Waals surface area contributed by atoms with Crippen LogP contribution in [0.25, 0.3) is 0 Å². The molecular formula is C15H14BrN3S. The molecule has 5 heteroatoms. The van der Waals surface area contributed by atoms with Gasteiger partial charge in [0.05, 0.1) is 6.21 Å². The summed E-state index contributed by atoms with van der Waals surface area (Å²) >= 11 is 8.56. The summed E-state index contributed by atoms with van der Waals surface area (Å²) in [4.78, 5) is 0. The van der Waals surface area contributed by atoms with Crippen molar-refractivity contribution in [2.75, 3.05) is 0 Å². The van der Waals surface area contributed by atoms with Crippen molar-refractivity contribution in [2.45, 2.75) is 6.54 Å². The van der Waals surface area contributed by atoms with Crippen molar-refractivity contribution in [2.24, 2.45) is 5.10 Å². The third kappa shape index (κ3) is 5.11. The first-order chi connectivity index (χ1) is 9.74. The number of thiocarbonyl (C=S) groups is 1. The highest BCUT2D eigenvalue weighted by molar-refractivity contribution is 9.10. The fraction of sp³-hybridized carbons (Fsp3) is 0.0667. The molecule has 0 aromatic heterocycles. The van der Waals surface area contributed by atoms with E-state index in [2.05, 4.69) is 31.8 Å². The summed E-state index contributed by atoms with van der Waals surface area (Å²) in [6.45, 7) is 0.680. The molecule has 2 rings (SSSR count). The van der Waals surface area contributed by atoms with Crippen LogP contribution in [-0.4, -0.2) is 11.3 Å². The first kappa shape index (κ1) is 14.7. The maximum Gasteiger partial charge on any atom is 0.187 e. The van der Waals surface area contributed by atoms with Gasteiger partial charge in [-0.15, -0.1) is 0 Å². The molecule has 0 bridgehead atoms. The predicted octanol–water partition coefficient (Wildman–Crippen LogP) is 3.45. The zero-order valence-corrected chi connectivity index (χ0v) is 13.1. The molecule has 0 aliphatic carbocycles. The van der Waals surface area contributed by atoms with Crippen molar-refractivity contribution >= 4 is 39.5 Å². The molecule has 0 aliphatic heterocycles. The zero-order chi connectivity index (χ0) is 14.2. The Balaban J connectivity index is 1.78. The van der Waals surface area contributed by atoms with E-state index in [0.717, 1.165) is 10.0 Å². The normalized spacial score (nSPS) is 10.4. The fourth-order valence-electron chi connectivity index (χ4n) is 1.57. The topological polar surface area (TPSA) is 36.4 Å². The standard InChI is InChI=1S/C15H14BrN3S/c16-14-8-4-7-13(9-14)11-18-19-15(20)17-10-12-5-2-1-3-6-12/h1-9,11H,10H2,(H2,17,19,20)/b18-11+. The molecule has 20 heavy (non-hydrogen) atoms. The van der Waals surface area contributed by atoms with Crippen molar-refractivity contribution in [1.82, 2.24) is 10.7 Å². The molecule has 0 fully saturated rings. The lowest BCUT2D eigenvalue weighted by Crippen LogP contribution is -2.31. The third-order valence-electron chi connectivity index (χ3n) is 2.52. The Morgan fingerprint density at radius 1 is 1.15 bits per heavy atom. The van der Waals surface area contributed by atoms with Crippen LogP contribution in [0.3, 0.4) is 0 Å². The van der Waals surface area contributed by atoms with Crippen LogP contribution in [0.2, 0.25) is 0 Å². The Morgan fingerprint density at radius 2 is 1.95 bits per heavy atom. The Hall–Kier alpha value is -1.72. The van der Waals surface area contributed by atoms with Gasteiger partial charge in [-0.3, -0.25) is 5.43 Å². The van der Waals surface area contributed by atoms with Gasteiger partial charge in [-0.2, -0.15) is 5.10 Å². The molecule has 0 unspecified atom stereocenters. The molecule has 2 aromatic rings. The van der Waals surface area contributed by atoms with Crippen LogP contribution in [0.5, 0.6) is 0 Å². The number of benzene rings is 2. The number of halogens is 1. The van der Waals surface area contributed by atoms with E-state index in [9.17, 15) is 0 Å². The highest BCUT2D eigenvalue weighted by Gasteiger charge is 1.94. The second-order valence-electron chi connectivity index (χ2n) is 4.09. The third-order valence-corrected chi connectivity index (χ3v) is 3.25. The SMILES string of the molecule is S=C(NCc1ccccc1)N/N=C/c1cccc(Br)c1. The van der Waals surface area contributed by atoms with Gasteiger partial charge in [0.15, 0.2) is 5.11 Å². The van der Waals surface area contributed by atoms with Gasteiger partial charge in [-0.1, -0.05) is 58.4 Å². The molecule has 0 saturated carbocycles. The molecular weight excluding hydrogens is 334 g/mol. The number of hydrogen-bond acceptors (Lipinski definition) is 2. The van der Waals surface area contributed by atoms with Crippen molar-refractivity contribution in [3.63, 3.8) is 0 Å². The second-order valence-corrected chi connectivity index (χ2v) is 5.42. The van der Waals surface area contributed by atoms with E-state index >= 15 is 0 Å². The van der Waals surface area contributed by atoms with Crippen LogP contribution >= 0.6 is 28.1 Å². The lowest BCUT2D eigenvalue weighted by atomic mass is 10.2. The van der Waals surface area contributed by atoms with E-state index in [4.69, 9.17) is 12.2 Å². The van der Waals surface area contributed by atoms with Crippen LogP contribution in [0.1, 0.15) is 11.1 Å². The molecule has 3 nitrogen and oxygen atoms in total. The van der Waals surface area contributed by atoms with Crippen LogP contribution in [0.15, 0.2) is 64.2 Å². The number of rotatable bonds is 4. The van der Waals surface area contributed by atoms with Gasteiger partial charge >= 0.3 is 0 Å². The fourth-order valence-corrected chi connectivity index (χ4v) is 2.11. The van der Waals surface area contributed by atoms with Gasteiger partial charge in [-0.25, -0.2) is 0 Å². The molecule has 0 amide bonds. The number of hydrogen-bond donors (Lipinski definition) is 2. The first-order valence-corrected chi connectivity index (χ1v) is 7.30. The van der Waals surface area contributed by atoms with Crippen LogP contribution in [0.4, 0.5) is 0 Å². The van der Waals surface area contributed by atoms with E-state index in [0.29, 0.717) is 11.7 Å². The van der Waals surface area contributed by atoms with Crippen molar-refractivity contribution < 1.29 is 0 Å². The molecule has 0 saturated heterocycles. The van der Waals surface area contributed by atoms with E-state index in [1.54, 1.807) is 6.21 Å². The van der Waals surface area contributed by atoms with Crippen molar-refractivity contribution in [1.29, 1.82) is 0 Å². The monoisotopic (exact) mass is 347 g/mol. The van der Waals surface area contributed by atoms with Gasteiger partial charge in [0.25, 0.3) is 0 Å². The van der Waals surface area contributed by atoms with E-state index < -0.39 is 0 Å². The van der Waals surface area contributed by atoms with E-state index in [-0.39, 0.29) is 0 Å². The Kier molecular flexibility index (Phi) is 5.70. The van der Waals surface area contributed by atoms with E-state index in [1.807, 2.05) is 54.6 Å². The van der Waals surface area contributed by atoms with Crippen LogP contribution < -0.4 is 10.7 Å². The molecule has 0 aliphatic rings. The number of nitrogens with one attached hydrogen (secondary N) is 2. The summed E-state index contributed by atoms with van der Waals surface area (Å²) in [5.74, 6) is 0. The molecule has 2 N–H and O–H groups in total. The highest BCUT2D eigenvalue weighted by atomic mass is 79.9. The smallest absolute Gasteiger partial charge is 0.187 e. The number of nitrogens with zero attached hydrogens (tertiary/aromatic N) is 1. The first-order valence-electron chi connectivity index (χ1n) is 6.10. The molecule has 0 atom stereocenters. The summed E-state index contributed by atoms with van der Waals surface area (Å²) in [7, 11) is 0. The minimum absolute atomic E-state index is 0.500. The summed E-state index contributed by atoms with van der Waals surface area (Å²) in [6, 6.07) is 17.9. The molecule has 0 radical (unpaired) electrons. The van der Waals surface area contributed by atoms with Crippen LogP contribution in [0, 0.1) is 0 Å². The van der Waals surface area contributed by atoms with Gasteiger partial charge in [0.2, 0.25) is 0 Å². The molecule has 102 valence electrons. The minimum atomic E-state index is 0.500. The molecule has 0 spiro atoms. The van der Waals surface area contributed by atoms with Gasteiger partial charge < -0.3 is 5.32 Å². The zero-order valence-electron chi connectivity index (χ0n) is 10.7. The average Bonchev–Trinajstić information content (AvgIpc) is 2.46. The Bertz CT molecular complexity index is 599. The quantitative estimate of drug-likeness (QED) is 0.505. The average molecular weight is 348 g/mol. The summed E-state index contributed by atoms with van der Waals surface area (Å²) < 4.78 is 1.02. The Labute approximate surface area is 132 Å². The number of hydrazone groups is 1. The predicted molar refractivity (Wildman–Crippen MR) is 90.8 cm³/mol. The lowest BCUT2D eigenvalue weighted by molar-refractivity contribution is 0.869. The maximum absolute atomic E-state index is 5.15. The molecule has 2 aromatic carbocycles. The van der Waals surface area contributed by atoms with Crippen LogP contribution in [-0.2, 0) is 6.54 Å². The van der Waals surface area contributed by atoms with Gasteiger partial charge in [0.1, 0.15) is 0 Å². The highest BCUT2D eigenvalue weighted by Crippen LogP contribution is 2.09. The summed E-state index contributed by atoms with van der Waals surface area (Å²) in [5, 5.41) is 7.69. The van der Waals surface area contributed by atoms with Gasteiger partial charge in [-0.05, 0) is 35.5 Å². The summed E-state index contributed by atoms with van der Waals surface area (Å²) in [6.07, 6.45) is 1.72. The van der Waals surface area contributed by atoms with Crippen molar-refractivity contribution in [3.8, 4) is 0 Å². The van der Waals surface area contributed by atoms with Crippen molar-refractivity contribution in [3.05, 3.63) is 70.2 Å². The second kappa shape index (κ2) is 7.77. The lowest BCUT2D eigenvalue weighted by Gasteiger charge is -2.06. The summed E-state index contributed by atoms with van der Waals surface area (Å²) in [5.41, 5.74) is 4.97. The largest absolute Gasteiger partial charge is 0.357 e. The van der Waals surface area contributed by atoms with E-state index in [1.165, 1.54) is 5.56 Å². The minimum Gasteiger partial charge on any atom is -0.357 e.